The van der Waals surface area contributed by atoms with Crippen LogP contribution in [0.25, 0.3) is 0 Å². The maximum absolute atomic E-state index is 11.3. The van der Waals surface area contributed by atoms with Crippen molar-refractivity contribution in [1.29, 1.82) is 5.26 Å². The SMILES string of the molecule is CCCCOC(=O)C[C@@H](C#N)CC(C)C. The van der Waals surface area contributed by atoms with Gasteiger partial charge in [-0.25, -0.2) is 0 Å². The summed E-state index contributed by atoms with van der Waals surface area (Å²) in [5, 5.41) is 8.84. The first-order chi connectivity index (χ1) is 7.10. The normalized spacial score (nSPS) is 12.2. The van der Waals surface area contributed by atoms with Crippen LogP contribution in [0.4, 0.5) is 0 Å². The average molecular weight is 211 g/mol. The first-order valence-electron chi connectivity index (χ1n) is 5.65. The van der Waals surface area contributed by atoms with E-state index in [4.69, 9.17) is 10.00 Å². The molecule has 86 valence electrons. The minimum atomic E-state index is -0.240. The van der Waals surface area contributed by atoms with E-state index in [0.717, 1.165) is 19.3 Å². The summed E-state index contributed by atoms with van der Waals surface area (Å²) in [5.41, 5.74) is 0. The molecule has 3 heteroatoms. The van der Waals surface area contributed by atoms with Crippen molar-refractivity contribution in [2.45, 2.75) is 46.5 Å². The molecule has 0 spiro atoms. The highest BCUT2D eigenvalue weighted by Crippen LogP contribution is 2.15. The van der Waals surface area contributed by atoms with Gasteiger partial charge in [0.15, 0.2) is 0 Å². The molecular formula is C12H21NO2. The van der Waals surface area contributed by atoms with E-state index in [1.807, 2.05) is 20.8 Å². The lowest BCUT2D eigenvalue weighted by molar-refractivity contribution is -0.144. The third kappa shape index (κ3) is 7.99. The van der Waals surface area contributed by atoms with Crippen LogP contribution in [0.2, 0.25) is 0 Å². The second-order valence-electron chi connectivity index (χ2n) is 4.23. The zero-order valence-electron chi connectivity index (χ0n) is 9.95. The molecule has 0 N–H and O–H groups in total. The molecule has 0 fully saturated rings. The van der Waals surface area contributed by atoms with Crippen molar-refractivity contribution < 1.29 is 9.53 Å². The Hall–Kier alpha value is -1.04. The molecule has 0 bridgehead atoms. The summed E-state index contributed by atoms with van der Waals surface area (Å²) in [6.07, 6.45) is 2.91. The lowest BCUT2D eigenvalue weighted by Gasteiger charge is -2.10. The van der Waals surface area contributed by atoms with Gasteiger partial charge in [0.05, 0.1) is 25.0 Å². The summed E-state index contributed by atoms with van der Waals surface area (Å²) in [6, 6.07) is 2.15. The van der Waals surface area contributed by atoms with Gasteiger partial charge >= 0.3 is 5.97 Å². The van der Waals surface area contributed by atoms with Crippen LogP contribution in [-0.4, -0.2) is 12.6 Å². The lowest BCUT2D eigenvalue weighted by atomic mass is 9.96. The van der Waals surface area contributed by atoms with Gasteiger partial charge < -0.3 is 4.74 Å². The topological polar surface area (TPSA) is 50.1 Å². The number of unbranched alkanes of at least 4 members (excludes halogenated alkanes) is 1. The van der Waals surface area contributed by atoms with E-state index < -0.39 is 0 Å². The molecule has 0 unspecified atom stereocenters. The molecule has 0 aromatic heterocycles. The van der Waals surface area contributed by atoms with Crippen LogP contribution in [0, 0.1) is 23.2 Å². The van der Waals surface area contributed by atoms with E-state index in [1.54, 1.807) is 0 Å². The van der Waals surface area contributed by atoms with Crippen molar-refractivity contribution in [3.05, 3.63) is 0 Å². The van der Waals surface area contributed by atoms with Gasteiger partial charge in [0.1, 0.15) is 0 Å². The molecule has 0 amide bonds. The smallest absolute Gasteiger partial charge is 0.307 e. The van der Waals surface area contributed by atoms with Crippen molar-refractivity contribution in [3.63, 3.8) is 0 Å². The molecule has 0 heterocycles. The molecular weight excluding hydrogens is 190 g/mol. The van der Waals surface area contributed by atoms with Gasteiger partial charge in [-0.1, -0.05) is 27.2 Å². The first kappa shape index (κ1) is 14.0. The Balaban J connectivity index is 3.77. The van der Waals surface area contributed by atoms with E-state index >= 15 is 0 Å². The Morgan fingerprint density at radius 2 is 2.13 bits per heavy atom. The highest BCUT2D eigenvalue weighted by atomic mass is 16.5. The van der Waals surface area contributed by atoms with Crippen molar-refractivity contribution in [3.8, 4) is 6.07 Å². The lowest BCUT2D eigenvalue weighted by Crippen LogP contribution is -2.12. The van der Waals surface area contributed by atoms with Crippen LogP contribution in [0.5, 0.6) is 0 Å². The molecule has 0 aliphatic carbocycles. The van der Waals surface area contributed by atoms with Crippen LogP contribution in [0.15, 0.2) is 0 Å². The van der Waals surface area contributed by atoms with Crippen LogP contribution < -0.4 is 0 Å². The average Bonchev–Trinajstić information content (AvgIpc) is 2.16. The van der Waals surface area contributed by atoms with Gasteiger partial charge in [-0.05, 0) is 18.8 Å². The van der Waals surface area contributed by atoms with Gasteiger partial charge in [-0.15, -0.1) is 0 Å². The van der Waals surface area contributed by atoms with E-state index in [0.29, 0.717) is 12.5 Å². The van der Waals surface area contributed by atoms with Gasteiger partial charge in [0, 0.05) is 0 Å². The molecule has 0 saturated carbocycles. The summed E-state index contributed by atoms with van der Waals surface area (Å²) >= 11 is 0. The second-order valence-corrected chi connectivity index (χ2v) is 4.23. The zero-order valence-corrected chi connectivity index (χ0v) is 9.95. The maximum atomic E-state index is 11.3. The summed E-state index contributed by atoms with van der Waals surface area (Å²) in [7, 11) is 0. The van der Waals surface area contributed by atoms with Gasteiger partial charge in [-0.3, -0.25) is 4.79 Å². The standard InChI is InChI=1S/C12H21NO2/c1-4-5-6-15-12(14)8-11(9-13)7-10(2)3/h10-11H,4-8H2,1-3H3/t11-/m0/s1. The molecule has 0 aliphatic rings. The summed E-state index contributed by atoms with van der Waals surface area (Å²) < 4.78 is 5.01. The third-order valence-corrected chi connectivity index (χ3v) is 2.11. The van der Waals surface area contributed by atoms with Crippen LogP contribution in [-0.2, 0) is 9.53 Å². The first-order valence-corrected chi connectivity index (χ1v) is 5.65. The third-order valence-electron chi connectivity index (χ3n) is 2.11. The Labute approximate surface area is 92.4 Å². The number of rotatable bonds is 7. The van der Waals surface area contributed by atoms with Crippen molar-refractivity contribution >= 4 is 5.97 Å². The van der Waals surface area contributed by atoms with E-state index in [9.17, 15) is 4.79 Å². The predicted octanol–water partition coefficient (Wildman–Crippen LogP) is 2.91. The fraction of sp³-hybridized carbons (Fsp3) is 0.833. The number of hydrogen-bond acceptors (Lipinski definition) is 3. The van der Waals surface area contributed by atoms with Crippen LogP contribution >= 0.6 is 0 Å². The molecule has 0 radical (unpaired) electrons. The molecule has 1 atom stereocenters. The Morgan fingerprint density at radius 3 is 2.60 bits per heavy atom. The molecule has 0 rings (SSSR count). The van der Waals surface area contributed by atoms with Crippen molar-refractivity contribution in [2.75, 3.05) is 6.61 Å². The number of hydrogen-bond donors (Lipinski definition) is 0. The molecule has 0 aliphatic heterocycles. The molecule has 0 aromatic carbocycles. The molecule has 0 saturated heterocycles. The molecule has 3 nitrogen and oxygen atoms in total. The number of carbonyl (C=O) groups excluding carboxylic acids is 1. The number of nitriles is 1. The fourth-order valence-corrected chi connectivity index (χ4v) is 1.34. The predicted molar refractivity (Wildman–Crippen MR) is 59.0 cm³/mol. The number of esters is 1. The Kier molecular flexibility index (Phi) is 7.71. The minimum absolute atomic E-state index is 0.195. The van der Waals surface area contributed by atoms with Crippen LogP contribution in [0.3, 0.4) is 0 Å². The number of carbonyl (C=O) groups is 1. The van der Waals surface area contributed by atoms with Crippen LogP contribution in [0.1, 0.15) is 46.5 Å². The van der Waals surface area contributed by atoms with E-state index in [-0.39, 0.29) is 18.3 Å². The van der Waals surface area contributed by atoms with Gasteiger partial charge in [0.2, 0.25) is 0 Å². The highest BCUT2D eigenvalue weighted by molar-refractivity contribution is 5.70. The van der Waals surface area contributed by atoms with Crippen molar-refractivity contribution in [2.24, 2.45) is 11.8 Å². The Morgan fingerprint density at radius 1 is 1.47 bits per heavy atom. The monoisotopic (exact) mass is 211 g/mol. The van der Waals surface area contributed by atoms with Gasteiger partial charge in [-0.2, -0.15) is 5.26 Å². The summed E-state index contributed by atoms with van der Waals surface area (Å²) in [4.78, 5) is 11.3. The largest absolute Gasteiger partial charge is 0.466 e. The van der Waals surface area contributed by atoms with Crippen molar-refractivity contribution in [1.82, 2.24) is 0 Å². The molecule has 15 heavy (non-hydrogen) atoms. The molecule has 0 aromatic rings. The quantitative estimate of drug-likeness (QED) is 0.480. The summed E-state index contributed by atoms with van der Waals surface area (Å²) in [6.45, 7) is 6.62. The maximum Gasteiger partial charge on any atom is 0.307 e. The number of nitrogens with zero attached hydrogens (tertiary/aromatic N) is 1. The van der Waals surface area contributed by atoms with E-state index in [2.05, 4.69) is 6.07 Å². The fourth-order valence-electron chi connectivity index (χ4n) is 1.34. The summed E-state index contributed by atoms with van der Waals surface area (Å²) in [5.74, 6) is 0.00729. The van der Waals surface area contributed by atoms with E-state index in [1.165, 1.54) is 0 Å². The minimum Gasteiger partial charge on any atom is -0.466 e. The second kappa shape index (κ2) is 8.28. The number of ether oxygens (including phenoxy) is 1. The highest BCUT2D eigenvalue weighted by Gasteiger charge is 2.15. The van der Waals surface area contributed by atoms with Gasteiger partial charge in [0.25, 0.3) is 0 Å². The Bertz CT molecular complexity index is 218. The zero-order chi connectivity index (χ0) is 11.7.